The molecule has 0 bridgehead atoms. The van der Waals surface area contributed by atoms with E-state index in [9.17, 15) is 14.7 Å². The van der Waals surface area contributed by atoms with Gasteiger partial charge in [0.1, 0.15) is 18.8 Å². The van der Waals surface area contributed by atoms with E-state index in [1.807, 2.05) is 0 Å². The maximum Gasteiger partial charge on any atom is 0.338 e. The maximum absolute atomic E-state index is 12.3. The second kappa shape index (κ2) is 9.11. The van der Waals surface area contributed by atoms with Crippen LogP contribution in [-0.2, 0) is 14.2 Å². The van der Waals surface area contributed by atoms with Crippen LogP contribution in [0.4, 0.5) is 0 Å². The topological polar surface area (TPSA) is 82.1 Å². The van der Waals surface area contributed by atoms with Gasteiger partial charge in [-0.15, -0.1) is 0 Å². The van der Waals surface area contributed by atoms with Crippen LogP contribution in [-0.4, -0.2) is 47.5 Å². The monoisotopic (exact) mass is 444 g/mol. The van der Waals surface area contributed by atoms with E-state index in [0.717, 1.165) is 0 Å². The molecule has 1 unspecified atom stereocenters. The normalized spacial score (nSPS) is 24.0. The minimum Gasteiger partial charge on any atom is -0.459 e. The summed E-state index contributed by atoms with van der Waals surface area (Å²) in [5.41, 5.74) is -0.575. The first-order valence-electron chi connectivity index (χ1n) is 8.22. The molecule has 4 atom stereocenters. The fourth-order valence-electron chi connectivity index (χ4n) is 2.58. The zero-order valence-electron chi connectivity index (χ0n) is 14.3. The predicted molar refractivity (Wildman–Crippen MR) is 103 cm³/mol. The number of rotatable bonds is 5. The van der Waals surface area contributed by atoms with Gasteiger partial charge in [-0.2, -0.15) is 0 Å². The molecule has 1 saturated heterocycles. The Morgan fingerprint density at radius 3 is 1.96 bits per heavy atom. The number of alkyl halides is 1. The Labute approximate surface area is 175 Å². The first-order valence-corrected chi connectivity index (χ1v) is 9.41. The Morgan fingerprint density at radius 2 is 1.43 bits per heavy atom. The predicted octanol–water partition coefficient (Wildman–Crippen LogP) is 3.70. The SMILES string of the molecule is O=C(OC[C@@H]1OC(Cl)[C@@H](O)[C@H]1OC(=O)c1ccc(Cl)cc1)c1ccc(Cl)cc1. The number of hydrogen-bond donors (Lipinski definition) is 1. The van der Waals surface area contributed by atoms with Gasteiger partial charge in [0.25, 0.3) is 0 Å². The van der Waals surface area contributed by atoms with E-state index >= 15 is 0 Å². The summed E-state index contributed by atoms with van der Waals surface area (Å²) in [6.07, 6.45) is -3.31. The highest BCUT2D eigenvalue weighted by molar-refractivity contribution is 6.31. The van der Waals surface area contributed by atoms with E-state index in [4.69, 9.17) is 49.0 Å². The third kappa shape index (κ3) is 4.96. The number of carbonyl (C=O) groups excluding carboxylic acids is 2. The van der Waals surface area contributed by atoms with Crippen molar-refractivity contribution in [2.24, 2.45) is 0 Å². The summed E-state index contributed by atoms with van der Waals surface area (Å²) in [4.78, 5) is 24.4. The van der Waals surface area contributed by atoms with Crippen LogP contribution in [0.5, 0.6) is 0 Å². The van der Waals surface area contributed by atoms with Crippen molar-refractivity contribution in [3.63, 3.8) is 0 Å². The van der Waals surface area contributed by atoms with E-state index < -0.39 is 35.8 Å². The second-order valence-corrected chi connectivity index (χ2v) is 7.30. The zero-order chi connectivity index (χ0) is 20.3. The molecular weight excluding hydrogens is 431 g/mol. The van der Waals surface area contributed by atoms with Gasteiger partial charge in [0.15, 0.2) is 11.7 Å². The van der Waals surface area contributed by atoms with Crippen molar-refractivity contribution in [3.8, 4) is 0 Å². The molecule has 28 heavy (non-hydrogen) atoms. The summed E-state index contributed by atoms with van der Waals surface area (Å²) in [5, 5.41) is 11.1. The van der Waals surface area contributed by atoms with Crippen molar-refractivity contribution in [1.29, 1.82) is 0 Å². The van der Waals surface area contributed by atoms with Crippen LogP contribution in [0.3, 0.4) is 0 Å². The molecule has 0 radical (unpaired) electrons. The minimum absolute atomic E-state index is 0.242. The summed E-state index contributed by atoms with van der Waals surface area (Å²) in [6, 6.07) is 12.2. The number of halogens is 3. The zero-order valence-corrected chi connectivity index (χ0v) is 16.5. The van der Waals surface area contributed by atoms with Gasteiger partial charge < -0.3 is 19.3 Å². The first kappa shape index (κ1) is 20.9. The van der Waals surface area contributed by atoms with Gasteiger partial charge in [0, 0.05) is 10.0 Å². The molecule has 2 aromatic rings. The lowest BCUT2D eigenvalue weighted by Gasteiger charge is -2.20. The van der Waals surface area contributed by atoms with E-state index in [1.54, 1.807) is 12.1 Å². The van der Waals surface area contributed by atoms with Gasteiger partial charge in [-0.25, -0.2) is 9.59 Å². The Kier molecular flexibility index (Phi) is 6.80. The fraction of sp³-hybridized carbons (Fsp3) is 0.263. The Morgan fingerprint density at radius 1 is 0.929 bits per heavy atom. The van der Waals surface area contributed by atoms with Crippen LogP contribution in [0, 0.1) is 0 Å². The Balaban J connectivity index is 1.63. The van der Waals surface area contributed by atoms with Gasteiger partial charge in [0.2, 0.25) is 0 Å². The molecule has 9 heteroatoms. The van der Waals surface area contributed by atoms with E-state index in [-0.39, 0.29) is 12.2 Å². The average Bonchev–Trinajstić information content (AvgIpc) is 2.95. The van der Waals surface area contributed by atoms with E-state index in [2.05, 4.69) is 0 Å². The molecule has 0 spiro atoms. The number of benzene rings is 2. The van der Waals surface area contributed by atoms with Crippen LogP contribution in [0.25, 0.3) is 0 Å². The molecule has 0 amide bonds. The first-order chi connectivity index (χ1) is 13.3. The number of aliphatic hydroxyl groups is 1. The second-order valence-electron chi connectivity index (χ2n) is 6.00. The highest BCUT2D eigenvalue weighted by Crippen LogP contribution is 2.28. The van der Waals surface area contributed by atoms with Gasteiger partial charge in [-0.1, -0.05) is 34.8 Å². The highest BCUT2D eigenvalue weighted by atomic mass is 35.5. The van der Waals surface area contributed by atoms with Crippen molar-refractivity contribution in [2.45, 2.75) is 23.9 Å². The third-order valence-electron chi connectivity index (χ3n) is 4.06. The molecule has 148 valence electrons. The Bertz CT molecular complexity index is 840. The van der Waals surface area contributed by atoms with Crippen LogP contribution in [0.1, 0.15) is 20.7 Å². The standard InChI is InChI=1S/C19H15Cl3O6/c20-12-5-1-10(2-6-12)18(24)26-9-14-16(15(23)17(22)27-14)28-19(25)11-3-7-13(21)8-4-11/h1-8,14-17,23H,9H2/t14-,15-,16-,17?/m0/s1. The van der Waals surface area contributed by atoms with Gasteiger partial charge in [0.05, 0.1) is 11.1 Å². The van der Waals surface area contributed by atoms with Crippen LogP contribution < -0.4 is 0 Å². The Hall–Kier alpha value is -1.83. The summed E-state index contributed by atoms with van der Waals surface area (Å²) in [5.74, 6) is -1.31. The molecule has 1 N–H and O–H groups in total. The van der Waals surface area contributed by atoms with Crippen molar-refractivity contribution >= 4 is 46.7 Å². The quantitative estimate of drug-likeness (QED) is 0.558. The van der Waals surface area contributed by atoms with Crippen molar-refractivity contribution in [2.75, 3.05) is 6.61 Å². The average molecular weight is 446 g/mol. The van der Waals surface area contributed by atoms with E-state index in [1.165, 1.54) is 36.4 Å². The van der Waals surface area contributed by atoms with Crippen molar-refractivity contribution < 1.29 is 28.9 Å². The summed E-state index contributed by atoms with van der Waals surface area (Å²) >= 11 is 17.5. The molecule has 2 aromatic carbocycles. The molecule has 3 rings (SSSR count). The smallest absolute Gasteiger partial charge is 0.338 e. The molecule has 1 fully saturated rings. The molecule has 0 aliphatic carbocycles. The lowest BCUT2D eigenvalue weighted by molar-refractivity contribution is -0.0392. The largest absolute Gasteiger partial charge is 0.459 e. The lowest BCUT2D eigenvalue weighted by atomic mass is 10.1. The summed E-state index contributed by atoms with van der Waals surface area (Å²) < 4.78 is 15.9. The summed E-state index contributed by atoms with van der Waals surface area (Å²) in [7, 11) is 0. The number of aliphatic hydroxyl groups excluding tert-OH is 1. The minimum atomic E-state index is -1.28. The number of carbonyl (C=O) groups is 2. The number of esters is 2. The van der Waals surface area contributed by atoms with E-state index in [0.29, 0.717) is 15.6 Å². The maximum atomic E-state index is 12.3. The fourth-order valence-corrected chi connectivity index (χ4v) is 3.11. The van der Waals surface area contributed by atoms with Gasteiger partial charge >= 0.3 is 11.9 Å². The van der Waals surface area contributed by atoms with Crippen LogP contribution in [0.15, 0.2) is 48.5 Å². The van der Waals surface area contributed by atoms with Gasteiger partial charge in [-0.3, -0.25) is 0 Å². The molecule has 1 aliphatic heterocycles. The van der Waals surface area contributed by atoms with Crippen LogP contribution in [0.2, 0.25) is 10.0 Å². The van der Waals surface area contributed by atoms with Crippen LogP contribution >= 0.6 is 34.8 Å². The molecule has 0 saturated carbocycles. The van der Waals surface area contributed by atoms with Crippen molar-refractivity contribution in [3.05, 3.63) is 69.7 Å². The molecular formula is C19H15Cl3O6. The highest BCUT2D eigenvalue weighted by Gasteiger charge is 2.46. The molecule has 0 aromatic heterocycles. The van der Waals surface area contributed by atoms with Crippen molar-refractivity contribution in [1.82, 2.24) is 0 Å². The summed E-state index contributed by atoms with van der Waals surface area (Å²) in [6.45, 7) is -0.264. The third-order valence-corrected chi connectivity index (χ3v) is 4.92. The lowest BCUT2D eigenvalue weighted by Crippen LogP contribution is -2.38. The molecule has 1 heterocycles. The molecule has 6 nitrogen and oxygen atoms in total. The molecule has 1 aliphatic rings. The van der Waals surface area contributed by atoms with Gasteiger partial charge in [-0.05, 0) is 48.5 Å². The number of hydrogen-bond acceptors (Lipinski definition) is 6. The number of ether oxygens (including phenoxy) is 3.